The number of amides is 3. The first-order valence-corrected chi connectivity index (χ1v) is 14.9. The summed E-state index contributed by atoms with van der Waals surface area (Å²) >= 11 is 0.606. The summed E-state index contributed by atoms with van der Waals surface area (Å²) in [5.41, 5.74) is 1.09. The number of hydrogen-bond acceptors (Lipinski definition) is 5. The van der Waals surface area contributed by atoms with Crippen molar-refractivity contribution in [3.8, 4) is 0 Å². The number of anilines is 2. The number of para-hydroxylation sites is 1. The van der Waals surface area contributed by atoms with E-state index in [0.717, 1.165) is 30.9 Å². The summed E-state index contributed by atoms with van der Waals surface area (Å²) in [6.45, 7) is 0.0134. The molecule has 4 aromatic rings. The van der Waals surface area contributed by atoms with Gasteiger partial charge in [-0.15, -0.1) is 0 Å². The van der Waals surface area contributed by atoms with Crippen LogP contribution in [0, 0.1) is 5.82 Å². The number of fused-ring (bicyclic) bond motifs is 1. The highest BCUT2D eigenvalue weighted by atomic mass is 32.1. The normalized spacial score (nSPS) is 14.7. The quantitative estimate of drug-likeness (QED) is 0.128. The summed E-state index contributed by atoms with van der Waals surface area (Å²) in [5.74, 6) is -2.43. The van der Waals surface area contributed by atoms with Crippen molar-refractivity contribution in [3.05, 3.63) is 101 Å². The summed E-state index contributed by atoms with van der Waals surface area (Å²) in [6.07, 6.45) is 1.70. The van der Waals surface area contributed by atoms with E-state index in [2.05, 4.69) is 27.8 Å². The minimum atomic E-state index is -4.81. The van der Waals surface area contributed by atoms with Crippen LogP contribution < -0.4 is 15.5 Å². The zero-order chi connectivity index (χ0) is 32.1. The fraction of sp³-hybridized carbons (Fsp3) is 0.250. The van der Waals surface area contributed by atoms with Crippen LogP contribution in [0.5, 0.6) is 0 Å². The van der Waals surface area contributed by atoms with Gasteiger partial charge in [0, 0.05) is 23.9 Å². The van der Waals surface area contributed by atoms with E-state index in [-0.39, 0.29) is 40.8 Å². The number of hydrogen-bond donors (Lipinski definition) is 3. The fourth-order valence-electron chi connectivity index (χ4n) is 5.17. The van der Waals surface area contributed by atoms with E-state index in [0.29, 0.717) is 34.2 Å². The van der Waals surface area contributed by atoms with Crippen molar-refractivity contribution in [1.82, 2.24) is 10.3 Å². The minimum Gasteiger partial charge on any atom is -0.481 e. The van der Waals surface area contributed by atoms with Crippen molar-refractivity contribution in [3.63, 3.8) is 0 Å². The van der Waals surface area contributed by atoms with Crippen LogP contribution in [0.1, 0.15) is 58.6 Å². The largest absolute Gasteiger partial charge is 0.481 e. The molecule has 1 aliphatic rings. The first-order valence-electron chi connectivity index (χ1n) is 14.1. The molecular formula is C32H28F4N4O4S. The molecule has 0 bridgehead atoms. The van der Waals surface area contributed by atoms with Gasteiger partial charge in [-0.2, -0.15) is 13.2 Å². The molecule has 8 nitrogen and oxygen atoms in total. The highest BCUT2D eigenvalue weighted by molar-refractivity contribution is 7.22. The van der Waals surface area contributed by atoms with Gasteiger partial charge in [-0.25, -0.2) is 14.2 Å². The van der Waals surface area contributed by atoms with Crippen molar-refractivity contribution < 1.29 is 37.1 Å². The molecule has 45 heavy (non-hydrogen) atoms. The minimum absolute atomic E-state index is 0.0279. The number of carbonyl (C=O) groups is 3. The van der Waals surface area contributed by atoms with Crippen molar-refractivity contribution in [2.75, 3.05) is 16.8 Å². The van der Waals surface area contributed by atoms with E-state index in [4.69, 9.17) is 5.11 Å². The maximum absolute atomic E-state index is 14.0. The first kappa shape index (κ1) is 31.6. The molecule has 234 valence electrons. The molecule has 3 amide bonds. The summed E-state index contributed by atoms with van der Waals surface area (Å²) in [5, 5.41) is 13.8. The van der Waals surface area contributed by atoms with Gasteiger partial charge >= 0.3 is 18.2 Å². The summed E-state index contributed by atoms with van der Waals surface area (Å²) in [6, 6.07) is 14.5. The molecule has 3 N–H and O–H groups in total. The van der Waals surface area contributed by atoms with E-state index in [9.17, 15) is 31.9 Å². The molecule has 1 unspecified atom stereocenters. The number of allylic oxidation sites excluding steroid dienone is 2. The second kappa shape index (κ2) is 13.5. The second-order valence-corrected chi connectivity index (χ2v) is 11.5. The number of benzene rings is 3. The Kier molecular flexibility index (Phi) is 9.47. The maximum atomic E-state index is 14.0. The molecule has 1 heterocycles. The van der Waals surface area contributed by atoms with Gasteiger partial charge in [-0.1, -0.05) is 53.8 Å². The predicted octanol–water partition coefficient (Wildman–Crippen LogP) is 7.72. The Bertz CT molecular complexity index is 1750. The Labute approximate surface area is 259 Å². The Morgan fingerprint density at radius 1 is 1.04 bits per heavy atom. The van der Waals surface area contributed by atoms with Crippen LogP contribution in [-0.2, 0) is 17.5 Å². The molecular weight excluding hydrogens is 612 g/mol. The third kappa shape index (κ3) is 7.66. The monoisotopic (exact) mass is 640 g/mol. The van der Waals surface area contributed by atoms with Crippen molar-refractivity contribution >= 4 is 50.3 Å². The van der Waals surface area contributed by atoms with Gasteiger partial charge in [0.2, 0.25) is 0 Å². The van der Waals surface area contributed by atoms with Crippen LogP contribution in [-0.4, -0.2) is 34.5 Å². The number of carboxylic acid groups (broad SMARTS) is 1. The van der Waals surface area contributed by atoms with Gasteiger partial charge in [0.25, 0.3) is 5.91 Å². The molecule has 3 aromatic carbocycles. The second-order valence-electron chi connectivity index (χ2n) is 10.5. The maximum Gasteiger partial charge on any atom is 0.417 e. The lowest BCUT2D eigenvalue weighted by atomic mass is 9.86. The summed E-state index contributed by atoms with van der Waals surface area (Å²) in [4.78, 5) is 42.6. The standard InChI is InChI=1S/C32H28F4N4O4S/c33-22-16-24(32(34,35)36)28-25(17-22)38-30(45-28)39-31(44)40(26-9-5-4-8-23(26)20-6-2-1-3-7-20)18-19-10-12-21(13-11-19)29(43)37-15-14-27(41)42/h1-2,4-5,8-13,16-17,20H,3,6-7,14-15,18H2,(H,37,43)(H,41,42)(H,38,39,44). The van der Waals surface area contributed by atoms with Crippen molar-refractivity contribution in [1.29, 1.82) is 0 Å². The Morgan fingerprint density at radius 2 is 1.80 bits per heavy atom. The van der Waals surface area contributed by atoms with E-state index in [1.807, 2.05) is 12.1 Å². The number of rotatable bonds is 9. The summed E-state index contributed by atoms with van der Waals surface area (Å²) < 4.78 is 54.6. The zero-order valence-electron chi connectivity index (χ0n) is 23.7. The zero-order valence-corrected chi connectivity index (χ0v) is 24.6. The van der Waals surface area contributed by atoms with E-state index in [1.54, 1.807) is 36.4 Å². The van der Waals surface area contributed by atoms with Crippen LogP contribution >= 0.6 is 11.3 Å². The molecule has 0 radical (unpaired) electrons. The third-order valence-electron chi connectivity index (χ3n) is 7.34. The fourth-order valence-corrected chi connectivity index (χ4v) is 6.14. The average molecular weight is 641 g/mol. The summed E-state index contributed by atoms with van der Waals surface area (Å²) in [7, 11) is 0. The number of alkyl halides is 3. The topological polar surface area (TPSA) is 112 Å². The Morgan fingerprint density at radius 3 is 2.49 bits per heavy atom. The van der Waals surface area contributed by atoms with Gasteiger partial charge in [0.05, 0.1) is 28.7 Å². The van der Waals surface area contributed by atoms with Gasteiger partial charge in [-0.05, 0) is 60.6 Å². The number of urea groups is 1. The molecule has 1 aliphatic carbocycles. The van der Waals surface area contributed by atoms with Crippen LogP contribution in [0.4, 0.5) is 33.2 Å². The lowest BCUT2D eigenvalue weighted by molar-refractivity contribution is -0.137. The van der Waals surface area contributed by atoms with Crippen molar-refractivity contribution in [2.45, 2.75) is 44.3 Å². The van der Waals surface area contributed by atoms with Crippen LogP contribution in [0.3, 0.4) is 0 Å². The van der Waals surface area contributed by atoms with Gasteiger partial charge in [0.1, 0.15) is 5.82 Å². The first-order chi connectivity index (χ1) is 21.5. The molecule has 0 saturated heterocycles. The number of carboxylic acids is 1. The molecule has 0 spiro atoms. The smallest absolute Gasteiger partial charge is 0.417 e. The number of aromatic nitrogens is 1. The number of aliphatic carboxylic acids is 1. The molecule has 1 atom stereocenters. The lowest BCUT2D eigenvalue weighted by Gasteiger charge is -2.29. The van der Waals surface area contributed by atoms with Crippen LogP contribution in [0.2, 0.25) is 0 Å². The highest BCUT2D eigenvalue weighted by Gasteiger charge is 2.35. The van der Waals surface area contributed by atoms with Crippen molar-refractivity contribution in [2.24, 2.45) is 0 Å². The number of halogens is 4. The molecule has 1 aromatic heterocycles. The number of carbonyl (C=O) groups excluding carboxylic acids is 2. The van der Waals surface area contributed by atoms with E-state index < -0.39 is 35.5 Å². The third-order valence-corrected chi connectivity index (χ3v) is 8.36. The molecule has 0 saturated carbocycles. The molecule has 0 fully saturated rings. The predicted molar refractivity (Wildman–Crippen MR) is 163 cm³/mol. The Balaban J connectivity index is 1.45. The highest BCUT2D eigenvalue weighted by Crippen LogP contribution is 2.40. The molecule has 0 aliphatic heterocycles. The average Bonchev–Trinajstić information content (AvgIpc) is 3.41. The lowest BCUT2D eigenvalue weighted by Crippen LogP contribution is -2.35. The van der Waals surface area contributed by atoms with Crippen LogP contribution in [0.15, 0.2) is 72.8 Å². The Hall–Kier alpha value is -4.78. The van der Waals surface area contributed by atoms with E-state index in [1.165, 1.54) is 4.90 Å². The van der Waals surface area contributed by atoms with E-state index >= 15 is 0 Å². The van der Waals surface area contributed by atoms with Crippen LogP contribution in [0.25, 0.3) is 10.2 Å². The van der Waals surface area contributed by atoms with Gasteiger partial charge in [0.15, 0.2) is 5.13 Å². The van der Waals surface area contributed by atoms with Gasteiger partial charge < -0.3 is 10.4 Å². The molecule has 13 heteroatoms. The number of nitrogens with zero attached hydrogens (tertiary/aromatic N) is 2. The number of thiazole rings is 1. The SMILES string of the molecule is O=C(O)CCNC(=O)c1ccc(CN(C(=O)Nc2nc3cc(F)cc(C(F)(F)F)c3s2)c2ccccc2C2CC=CCC2)cc1. The van der Waals surface area contributed by atoms with Gasteiger partial charge in [-0.3, -0.25) is 19.8 Å². The number of nitrogens with one attached hydrogen (secondary N) is 2. The molecule has 5 rings (SSSR count).